The van der Waals surface area contributed by atoms with Gasteiger partial charge in [0.2, 0.25) is 10.8 Å². The molecule has 31 heavy (non-hydrogen) atoms. The van der Waals surface area contributed by atoms with Crippen molar-refractivity contribution >= 4 is 35.0 Å². The first kappa shape index (κ1) is 19.9. The Bertz CT molecular complexity index is 1200. The smallest absolute Gasteiger partial charge is 0.269 e. The van der Waals surface area contributed by atoms with Crippen LogP contribution >= 0.6 is 11.8 Å². The van der Waals surface area contributed by atoms with E-state index in [0.717, 1.165) is 33.6 Å². The molecule has 2 aliphatic rings. The number of benzene rings is 3. The maximum atomic E-state index is 14.1. The second-order valence-corrected chi connectivity index (χ2v) is 9.49. The lowest BCUT2D eigenvalue weighted by molar-refractivity contribution is -0.123. The molecule has 156 valence electrons. The van der Waals surface area contributed by atoms with Crippen molar-refractivity contribution in [1.82, 2.24) is 0 Å². The summed E-state index contributed by atoms with van der Waals surface area (Å²) in [5.41, 5.74) is 7.07. The number of thioether (sulfide) groups is 1. The summed E-state index contributed by atoms with van der Waals surface area (Å²) in [7, 11) is 0. The van der Waals surface area contributed by atoms with E-state index < -0.39 is 4.87 Å². The van der Waals surface area contributed by atoms with Crippen molar-refractivity contribution in [2.45, 2.75) is 32.2 Å². The molecule has 2 aliphatic heterocycles. The molecule has 3 aromatic rings. The molecule has 3 aromatic carbocycles. The molecule has 0 unspecified atom stereocenters. The summed E-state index contributed by atoms with van der Waals surface area (Å²) in [6.07, 6.45) is 0. The first-order chi connectivity index (χ1) is 14.9. The van der Waals surface area contributed by atoms with Crippen LogP contribution in [0.15, 0.2) is 66.7 Å². The predicted molar refractivity (Wildman–Crippen MR) is 126 cm³/mol. The number of anilines is 2. The zero-order valence-corrected chi connectivity index (χ0v) is 18.7. The highest BCUT2D eigenvalue weighted by molar-refractivity contribution is 8.02. The van der Waals surface area contributed by atoms with Gasteiger partial charge in [0, 0.05) is 11.3 Å². The van der Waals surface area contributed by atoms with Gasteiger partial charge in [-0.15, -0.1) is 11.8 Å². The van der Waals surface area contributed by atoms with Crippen molar-refractivity contribution in [3.63, 3.8) is 0 Å². The molecule has 2 heterocycles. The van der Waals surface area contributed by atoms with E-state index in [2.05, 4.69) is 38.1 Å². The van der Waals surface area contributed by atoms with Gasteiger partial charge in [0.05, 0.1) is 18.0 Å². The number of hydrogen-bond acceptors (Lipinski definition) is 3. The van der Waals surface area contributed by atoms with E-state index >= 15 is 0 Å². The molecule has 1 fully saturated rings. The molecule has 2 amide bonds. The Hall–Kier alpha value is -3.05. The molecule has 5 heteroatoms. The lowest BCUT2D eigenvalue weighted by Gasteiger charge is -2.33. The van der Waals surface area contributed by atoms with Crippen LogP contribution in [0, 0.1) is 20.8 Å². The zero-order chi connectivity index (χ0) is 21.8. The number of nitrogens with zero attached hydrogens (tertiary/aromatic N) is 2. The number of aryl methyl sites for hydroxylation is 3. The molecule has 1 atom stereocenters. The van der Waals surface area contributed by atoms with Crippen molar-refractivity contribution in [2.75, 3.05) is 15.6 Å². The Morgan fingerprint density at radius 1 is 0.903 bits per heavy atom. The van der Waals surface area contributed by atoms with Gasteiger partial charge in [0.25, 0.3) is 5.91 Å². The van der Waals surface area contributed by atoms with Crippen LogP contribution < -0.4 is 9.80 Å². The minimum atomic E-state index is -1.06. The quantitative estimate of drug-likeness (QED) is 0.583. The average molecular weight is 429 g/mol. The fraction of sp³-hybridized carbons (Fsp3) is 0.231. The topological polar surface area (TPSA) is 40.6 Å². The van der Waals surface area contributed by atoms with Crippen molar-refractivity contribution in [3.8, 4) is 0 Å². The van der Waals surface area contributed by atoms with Crippen molar-refractivity contribution < 1.29 is 9.59 Å². The summed E-state index contributed by atoms with van der Waals surface area (Å²) in [5, 5.41) is 0. The number of carbonyl (C=O) groups is 2. The molecule has 0 saturated carbocycles. The summed E-state index contributed by atoms with van der Waals surface area (Å²) < 4.78 is 0. The fourth-order valence-electron chi connectivity index (χ4n) is 4.45. The third-order valence-corrected chi connectivity index (χ3v) is 7.66. The van der Waals surface area contributed by atoms with Crippen LogP contribution in [0.4, 0.5) is 11.4 Å². The van der Waals surface area contributed by atoms with E-state index in [1.54, 1.807) is 4.90 Å². The third kappa shape index (κ3) is 2.99. The highest BCUT2D eigenvalue weighted by Gasteiger charge is 2.60. The van der Waals surface area contributed by atoms with Crippen LogP contribution in [0.3, 0.4) is 0 Å². The summed E-state index contributed by atoms with van der Waals surface area (Å²) in [6, 6.07) is 22.1. The van der Waals surface area contributed by atoms with E-state index in [1.807, 2.05) is 54.3 Å². The molecule has 0 radical (unpaired) electrons. The Morgan fingerprint density at radius 2 is 1.65 bits per heavy atom. The van der Waals surface area contributed by atoms with Crippen molar-refractivity contribution in [2.24, 2.45) is 0 Å². The van der Waals surface area contributed by atoms with Crippen LogP contribution in [0.5, 0.6) is 0 Å². The Balaban J connectivity index is 1.63. The molecule has 5 rings (SSSR count). The monoisotopic (exact) mass is 428 g/mol. The van der Waals surface area contributed by atoms with E-state index in [0.29, 0.717) is 6.54 Å². The van der Waals surface area contributed by atoms with Gasteiger partial charge in [-0.2, -0.15) is 0 Å². The van der Waals surface area contributed by atoms with Crippen LogP contribution in [0.2, 0.25) is 0 Å². The normalized spacial score (nSPS) is 20.1. The summed E-state index contributed by atoms with van der Waals surface area (Å²) in [5.74, 6) is 0.197. The molecule has 0 bridgehead atoms. The van der Waals surface area contributed by atoms with Gasteiger partial charge in [0.1, 0.15) is 0 Å². The maximum Gasteiger partial charge on any atom is 0.269 e. The van der Waals surface area contributed by atoms with Crippen LogP contribution in [0.1, 0.15) is 27.8 Å². The molecular weight excluding hydrogens is 404 g/mol. The van der Waals surface area contributed by atoms with Gasteiger partial charge in [0.15, 0.2) is 0 Å². The second-order valence-electron chi connectivity index (χ2n) is 8.32. The minimum Gasteiger partial charge on any atom is -0.304 e. The summed E-state index contributed by atoms with van der Waals surface area (Å²) in [6.45, 7) is 6.62. The highest BCUT2D eigenvalue weighted by atomic mass is 32.2. The molecule has 0 aromatic heterocycles. The van der Waals surface area contributed by atoms with E-state index in [4.69, 9.17) is 0 Å². The molecular formula is C26H24N2O2S. The molecule has 1 spiro atoms. The third-order valence-electron chi connectivity index (χ3n) is 6.27. The number of carbonyl (C=O) groups excluding carboxylic acids is 2. The van der Waals surface area contributed by atoms with Gasteiger partial charge in [-0.3, -0.25) is 14.5 Å². The van der Waals surface area contributed by atoms with Gasteiger partial charge in [-0.1, -0.05) is 54.1 Å². The van der Waals surface area contributed by atoms with Crippen molar-refractivity contribution in [1.29, 1.82) is 0 Å². The first-order valence-electron chi connectivity index (χ1n) is 10.4. The zero-order valence-electron chi connectivity index (χ0n) is 17.9. The van der Waals surface area contributed by atoms with Gasteiger partial charge >= 0.3 is 0 Å². The Labute approximate surface area is 186 Å². The summed E-state index contributed by atoms with van der Waals surface area (Å²) >= 11 is 1.43. The Kier molecular flexibility index (Phi) is 4.67. The molecule has 0 aliphatic carbocycles. The minimum absolute atomic E-state index is 0.0337. The number of rotatable bonds is 3. The standard InChI is InChI=1S/C26H24N2O2S/c1-17-8-11-20(12-9-17)15-27-23-7-5-4-6-22(23)26(25(27)30)28(24(29)16-31-26)21-13-10-18(2)19(3)14-21/h4-14H,15-16H2,1-3H3/t26-/m0/s1. The van der Waals surface area contributed by atoms with Gasteiger partial charge < -0.3 is 4.90 Å². The van der Waals surface area contributed by atoms with Gasteiger partial charge in [-0.25, -0.2) is 0 Å². The molecule has 4 nitrogen and oxygen atoms in total. The van der Waals surface area contributed by atoms with E-state index in [1.165, 1.54) is 17.3 Å². The SMILES string of the molecule is Cc1ccc(CN2C(=O)[C@@]3(SCC(=O)N3c3ccc(C)c(C)c3)c3ccccc32)cc1. The van der Waals surface area contributed by atoms with Crippen LogP contribution in [0.25, 0.3) is 0 Å². The van der Waals surface area contributed by atoms with Crippen LogP contribution in [-0.2, 0) is 21.0 Å². The number of hydrogen-bond donors (Lipinski definition) is 0. The van der Waals surface area contributed by atoms with E-state index in [-0.39, 0.29) is 17.6 Å². The van der Waals surface area contributed by atoms with E-state index in [9.17, 15) is 9.59 Å². The van der Waals surface area contributed by atoms with Gasteiger partial charge in [-0.05, 0) is 55.7 Å². The molecule has 1 saturated heterocycles. The highest BCUT2D eigenvalue weighted by Crippen LogP contribution is 2.56. The molecule has 0 N–H and O–H groups in total. The number of amides is 2. The lowest BCUT2D eigenvalue weighted by Crippen LogP contribution is -2.49. The van der Waals surface area contributed by atoms with Crippen molar-refractivity contribution in [3.05, 3.63) is 94.5 Å². The summed E-state index contributed by atoms with van der Waals surface area (Å²) in [4.78, 5) is 29.7. The Morgan fingerprint density at radius 3 is 2.39 bits per heavy atom. The predicted octanol–water partition coefficient (Wildman–Crippen LogP) is 5.09. The lowest BCUT2D eigenvalue weighted by atomic mass is 10.0. The number of fused-ring (bicyclic) bond motifs is 2. The maximum absolute atomic E-state index is 14.1. The first-order valence-corrected chi connectivity index (χ1v) is 11.4. The largest absolute Gasteiger partial charge is 0.304 e. The number of para-hydroxylation sites is 1. The van der Waals surface area contributed by atoms with Crippen LogP contribution in [-0.4, -0.2) is 17.6 Å². The fourth-order valence-corrected chi connectivity index (χ4v) is 5.81. The second kappa shape index (κ2) is 7.27. The average Bonchev–Trinajstić information content (AvgIpc) is 3.23.